The van der Waals surface area contributed by atoms with Crippen molar-refractivity contribution in [2.45, 2.75) is 31.8 Å². The van der Waals surface area contributed by atoms with Gasteiger partial charge in [0.05, 0.1) is 12.1 Å². The molecule has 2 fully saturated rings. The Kier molecular flexibility index (Phi) is 4.71. The van der Waals surface area contributed by atoms with Crippen molar-refractivity contribution >= 4 is 5.91 Å². The SMILES string of the molecule is O=C(C1CCC1)N1CCC(Oc2ccccc2-c2nc(-c3ccncc3)no2)C1. The standard InChI is InChI=1S/C22H22N4O3/c27-22(16-4-3-5-16)26-13-10-17(14-26)28-19-7-2-1-6-18(19)21-24-20(25-29-21)15-8-11-23-12-9-15/h1-2,6-9,11-12,16-17H,3-5,10,13-14H2. The van der Waals surface area contributed by atoms with E-state index in [1.807, 2.05) is 41.3 Å². The normalized spacial score (nSPS) is 19.2. The number of rotatable bonds is 5. The summed E-state index contributed by atoms with van der Waals surface area (Å²) in [5, 5.41) is 4.08. The second-order valence-electron chi connectivity index (χ2n) is 7.60. The molecule has 29 heavy (non-hydrogen) atoms. The first-order valence-corrected chi connectivity index (χ1v) is 10.1. The highest BCUT2D eigenvalue weighted by Gasteiger charge is 2.34. The van der Waals surface area contributed by atoms with Crippen molar-refractivity contribution in [2.75, 3.05) is 13.1 Å². The summed E-state index contributed by atoms with van der Waals surface area (Å²) in [6, 6.07) is 11.3. The molecule has 1 aromatic carbocycles. The highest BCUT2D eigenvalue weighted by molar-refractivity contribution is 5.80. The Labute approximate surface area is 168 Å². The summed E-state index contributed by atoms with van der Waals surface area (Å²) in [4.78, 5) is 23.0. The van der Waals surface area contributed by atoms with E-state index in [1.54, 1.807) is 12.4 Å². The Balaban J connectivity index is 1.32. The molecule has 1 unspecified atom stereocenters. The molecule has 2 aromatic heterocycles. The van der Waals surface area contributed by atoms with Gasteiger partial charge >= 0.3 is 0 Å². The van der Waals surface area contributed by atoms with E-state index in [0.717, 1.165) is 36.9 Å². The van der Waals surface area contributed by atoms with E-state index < -0.39 is 0 Å². The Bertz CT molecular complexity index is 1000. The van der Waals surface area contributed by atoms with E-state index in [4.69, 9.17) is 9.26 Å². The molecule has 1 atom stereocenters. The molecule has 3 aromatic rings. The molecular weight excluding hydrogens is 368 g/mol. The van der Waals surface area contributed by atoms with Crippen molar-refractivity contribution in [3.05, 3.63) is 48.8 Å². The van der Waals surface area contributed by atoms with Crippen LogP contribution in [0, 0.1) is 5.92 Å². The third-order valence-electron chi connectivity index (χ3n) is 5.69. The Hall–Kier alpha value is -3.22. The van der Waals surface area contributed by atoms with Gasteiger partial charge in [0.15, 0.2) is 0 Å². The lowest BCUT2D eigenvalue weighted by Gasteiger charge is -2.29. The summed E-state index contributed by atoms with van der Waals surface area (Å²) in [6.07, 6.45) is 7.42. The molecule has 7 heteroatoms. The first kappa shape index (κ1) is 17.8. The molecule has 5 rings (SSSR count). The zero-order valence-corrected chi connectivity index (χ0v) is 16.0. The Morgan fingerprint density at radius 1 is 1.10 bits per heavy atom. The van der Waals surface area contributed by atoms with Crippen LogP contribution in [0.2, 0.25) is 0 Å². The number of likely N-dealkylation sites (tertiary alicyclic amines) is 1. The predicted molar refractivity (Wildman–Crippen MR) is 106 cm³/mol. The van der Waals surface area contributed by atoms with Crippen LogP contribution in [0.15, 0.2) is 53.3 Å². The number of ether oxygens (including phenoxy) is 1. The van der Waals surface area contributed by atoms with Gasteiger partial charge in [-0.3, -0.25) is 9.78 Å². The fourth-order valence-corrected chi connectivity index (χ4v) is 3.81. The lowest BCUT2D eigenvalue weighted by molar-refractivity contribution is -0.137. The molecule has 1 amide bonds. The van der Waals surface area contributed by atoms with E-state index in [0.29, 0.717) is 24.0 Å². The van der Waals surface area contributed by atoms with Crippen molar-refractivity contribution in [1.82, 2.24) is 20.0 Å². The van der Waals surface area contributed by atoms with Gasteiger partial charge in [-0.2, -0.15) is 4.98 Å². The predicted octanol–water partition coefficient (Wildman–Crippen LogP) is 3.58. The molecule has 1 aliphatic heterocycles. The minimum absolute atomic E-state index is 0.0252. The highest BCUT2D eigenvalue weighted by Crippen LogP contribution is 2.33. The largest absolute Gasteiger partial charge is 0.488 e. The maximum absolute atomic E-state index is 12.5. The number of para-hydroxylation sites is 1. The highest BCUT2D eigenvalue weighted by atomic mass is 16.5. The second-order valence-corrected chi connectivity index (χ2v) is 7.60. The molecule has 1 saturated heterocycles. The van der Waals surface area contributed by atoms with E-state index in [-0.39, 0.29) is 17.9 Å². The molecular formula is C22H22N4O3. The van der Waals surface area contributed by atoms with Gasteiger partial charge in [-0.1, -0.05) is 23.7 Å². The average Bonchev–Trinajstić information content (AvgIpc) is 3.38. The molecule has 3 heterocycles. The number of nitrogens with zero attached hydrogens (tertiary/aromatic N) is 4. The quantitative estimate of drug-likeness (QED) is 0.662. The average molecular weight is 390 g/mol. The van der Waals surface area contributed by atoms with E-state index >= 15 is 0 Å². The molecule has 0 bridgehead atoms. The molecule has 148 valence electrons. The van der Waals surface area contributed by atoms with Crippen LogP contribution in [0.5, 0.6) is 5.75 Å². The zero-order chi connectivity index (χ0) is 19.6. The van der Waals surface area contributed by atoms with Crippen LogP contribution >= 0.6 is 0 Å². The van der Waals surface area contributed by atoms with Gasteiger partial charge in [-0.15, -0.1) is 0 Å². The van der Waals surface area contributed by atoms with E-state index in [2.05, 4.69) is 15.1 Å². The summed E-state index contributed by atoms with van der Waals surface area (Å²) >= 11 is 0. The van der Waals surface area contributed by atoms with Gasteiger partial charge in [-0.25, -0.2) is 0 Å². The smallest absolute Gasteiger partial charge is 0.262 e. The van der Waals surface area contributed by atoms with Crippen LogP contribution in [-0.2, 0) is 4.79 Å². The summed E-state index contributed by atoms with van der Waals surface area (Å²) in [5.41, 5.74) is 1.60. The van der Waals surface area contributed by atoms with Crippen LogP contribution in [-0.4, -0.2) is 45.1 Å². The van der Waals surface area contributed by atoms with Crippen molar-refractivity contribution in [2.24, 2.45) is 5.92 Å². The van der Waals surface area contributed by atoms with E-state index in [1.165, 1.54) is 6.42 Å². The second kappa shape index (κ2) is 7.66. The molecule has 1 aliphatic carbocycles. The van der Waals surface area contributed by atoms with Crippen molar-refractivity contribution in [3.63, 3.8) is 0 Å². The van der Waals surface area contributed by atoms with Gasteiger partial charge < -0.3 is 14.2 Å². The first-order chi connectivity index (χ1) is 14.3. The van der Waals surface area contributed by atoms with Crippen LogP contribution in [0.25, 0.3) is 22.8 Å². The number of carbonyl (C=O) groups excluding carboxylic acids is 1. The van der Waals surface area contributed by atoms with Crippen LogP contribution in [0.3, 0.4) is 0 Å². The number of carbonyl (C=O) groups is 1. The molecule has 0 N–H and O–H groups in total. The number of benzene rings is 1. The number of amides is 1. The monoisotopic (exact) mass is 390 g/mol. The maximum atomic E-state index is 12.5. The molecule has 1 saturated carbocycles. The summed E-state index contributed by atoms with van der Waals surface area (Å²) in [7, 11) is 0. The van der Waals surface area contributed by atoms with Crippen molar-refractivity contribution < 1.29 is 14.1 Å². The third kappa shape index (κ3) is 3.60. The lowest BCUT2D eigenvalue weighted by atomic mass is 9.84. The van der Waals surface area contributed by atoms with Gasteiger partial charge in [0, 0.05) is 36.8 Å². The van der Waals surface area contributed by atoms with Crippen molar-refractivity contribution in [3.8, 4) is 28.6 Å². The Morgan fingerprint density at radius 3 is 2.72 bits per heavy atom. The van der Waals surface area contributed by atoms with Gasteiger partial charge in [0.25, 0.3) is 5.89 Å². The fraction of sp³-hybridized carbons (Fsp3) is 0.364. The number of hydrogen-bond acceptors (Lipinski definition) is 6. The van der Waals surface area contributed by atoms with Crippen LogP contribution < -0.4 is 4.74 Å². The lowest BCUT2D eigenvalue weighted by Crippen LogP contribution is -2.38. The van der Waals surface area contributed by atoms with Gasteiger partial charge in [-0.05, 0) is 37.1 Å². The summed E-state index contributed by atoms with van der Waals surface area (Å²) < 4.78 is 11.8. The van der Waals surface area contributed by atoms with Crippen LogP contribution in [0.4, 0.5) is 0 Å². The first-order valence-electron chi connectivity index (χ1n) is 10.1. The maximum Gasteiger partial charge on any atom is 0.262 e. The minimum Gasteiger partial charge on any atom is -0.488 e. The van der Waals surface area contributed by atoms with Gasteiger partial charge in [0.1, 0.15) is 11.9 Å². The summed E-state index contributed by atoms with van der Waals surface area (Å²) in [5.74, 6) is 2.13. The minimum atomic E-state index is -0.0252. The zero-order valence-electron chi connectivity index (χ0n) is 16.0. The number of aromatic nitrogens is 3. The third-order valence-corrected chi connectivity index (χ3v) is 5.69. The molecule has 0 radical (unpaired) electrons. The van der Waals surface area contributed by atoms with Crippen LogP contribution in [0.1, 0.15) is 25.7 Å². The Morgan fingerprint density at radius 2 is 1.93 bits per heavy atom. The van der Waals surface area contributed by atoms with Crippen molar-refractivity contribution in [1.29, 1.82) is 0 Å². The molecule has 2 aliphatic rings. The topological polar surface area (TPSA) is 81.4 Å². The number of hydrogen-bond donors (Lipinski definition) is 0. The van der Waals surface area contributed by atoms with E-state index in [9.17, 15) is 4.79 Å². The fourth-order valence-electron chi connectivity index (χ4n) is 3.81. The number of pyridine rings is 1. The summed E-state index contributed by atoms with van der Waals surface area (Å²) in [6.45, 7) is 1.39. The molecule has 0 spiro atoms. The molecule has 7 nitrogen and oxygen atoms in total. The van der Waals surface area contributed by atoms with Gasteiger partial charge in [0.2, 0.25) is 11.7 Å².